The number of Topliss-reactive ketones (excluding diaryl/α,β-unsaturated/α-hetero) is 2. The van der Waals surface area contributed by atoms with E-state index in [1.807, 2.05) is 6.92 Å². The highest BCUT2D eigenvalue weighted by molar-refractivity contribution is 6.13. The Morgan fingerprint density at radius 2 is 1.96 bits per heavy atom. The molecule has 1 aliphatic carbocycles. The Labute approximate surface area is 151 Å². The molecule has 0 saturated heterocycles. The monoisotopic (exact) mass is 356 g/mol. The Morgan fingerprint density at radius 1 is 1.27 bits per heavy atom. The second-order valence-corrected chi connectivity index (χ2v) is 6.68. The van der Waals surface area contributed by atoms with E-state index in [4.69, 9.17) is 9.47 Å². The molecule has 136 valence electrons. The first kappa shape index (κ1) is 17.9. The first-order valence-corrected chi connectivity index (χ1v) is 8.38. The second kappa shape index (κ2) is 6.78. The summed E-state index contributed by atoms with van der Waals surface area (Å²) in [6, 6.07) is 6.71. The number of phenolic OH excluding ortho intramolecular Hbond substituents is 1. The number of benzene rings is 1. The van der Waals surface area contributed by atoms with E-state index in [0.29, 0.717) is 11.1 Å². The lowest BCUT2D eigenvalue weighted by atomic mass is 9.83. The van der Waals surface area contributed by atoms with Gasteiger partial charge in [0.2, 0.25) is 0 Å². The molecule has 1 N–H and O–H groups in total. The maximum absolute atomic E-state index is 12.8. The number of hydrogen-bond acceptors (Lipinski definition) is 6. The molecule has 6 nitrogen and oxygen atoms in total. The van der Waals surface area contributed by atoms with Gasteiger partial charge in [-0.2, -0.15) is 0 Å². The van der Waals surface area contributed by atoms with Crippen LogP contribution in [0.15, 0.2) is 47.7 Å². The number of carbonyl (C=O) groups is 3. The van der Waals surface area contributed by atoms with Crippen molar-refractivity contribution in [2.24, 2.45) is 11.8 Å². The van der Waals surface area contributed by atoms with Gasteiger partial charge in [0.15, 0.2) is 5.78 Å². The summed E-state index contributed by atoms with van der Waals surface area (Å²) in [6.07, 6.45) is 1.87. The highest BCUT2D eigenvalue weighted by Crippen LogP contribution is 2.47. The van der Waals surface area contributed by atoms with Gasteiger partial charge in [-0.25, -0.2) is 4.79 Å². The molecule has 1 fully saturated rings. The molecule has 0 aromatic heterocycles. The van der Waals surface area contributed by atoms with Crippen molar-refractivity contribution in [1.29, 1.82) is 0 Å². The number of para-hydroxylation sites is 1. The number of rotatable bonds is 4. The van der Waals surface area contributed by atoms with E-state index in [0.717, 1.165) is 0 Å². The van der Waals surface area contributed by atoms with E-state index in [2.05, 4.69) is 0 Å². The first-order valence-electron chi connectivity index (χ1n) is 8.38. The number of esters is 1. The molecule has 0 spiro atoms. The topological polar surface area (TPSA) is 89.9 Å². The smallest absolute Gasteiger partial charge is 0.336 e. The number of hydrogen-bond donors (Lipinski definition) is 1. The molecule has 0 amide bonds. The standard InChI is InChI=1S/C20H20O6/c1-10-8-16(26-20(10)24)25-9-14-18(13-6-4-5-7-15(13)22)11(2)17(12(3)21)19(14)23/h4-9,11,16-18,22H,1-3H3/b14-9+/t11?,16?,17-,18?/m0/s1. The molecule has 1 aromatic carbocycles. The fraction of sp³-hybridized carbons (Fsp3) is 0.350. The lowest BCUT2D eigenvalue weighted by Crippen LogP contribution is -2.22. The summed E-state index contributed by atoms with van der Waals surface area (Å²) in [4.78, 5) is 36.2. The van der Waals surface area contributed by atoms with Crippen LogP contribution in [0.25, 0.3) is 0 Å². The number of cyclic esters (lactones) is 1. The second-order valence-electron chi connectivity index (χ2n) is 6.68. The third-order valence-electron chi connectivity index (χ3n) is 4.92. The van der Waals surface area contributed by atoms with Crippen LogP contribution in [0.1, 0.15) is 32.3 Å². The Kier molecular flexibility index (Phi) is 4.68. The third-order valence-corrected chi connectivity index (χ3v) is 4.92. The molecule has 6 heteroatoms. The molecule has 0 radical (unpaired) electrons. The summed E-state index contributed by atoms with van der Waals surface area (Å²) in [5.74, 6) is -2.59. The van der Waals surface area contributed by atoms with E-state index >= 15 is 0 Å². The molecule has 1 aliphatic heterocycles. The Bertz CT molecular complexity index is 834. The zero-order valence-corrected chi connectivity index (χ0v) is 14.8. The molecule has 3 rings (SSSR count). The fourth-order valence-electron chi connectivity index (χ4n) is 3.65. The van der Waals surface area contributed by atoms with Crippen molar-refractivity contribution in [2.75, 3.05) is 0 Å². The van der Waals surface area contributed by atoms with Crippen LogP contribution in [-0.4, -0.2) is 28.9 Å². The van der Waals surface area contributed by atoms with Crippen molar-refractivity contribution < 1.29 is 29.0 Å². The Morgan fingerprint density at radius 3 is 2.54 bits per heavy atom. The zero-order valence-electron chi connectivity index (χ0n) is 14.8. The Hall–Kier alpha value is -2.89. The van der Waals surface area contributed by atoms with Crippen LogP contribution in [0.3, 0.4) is 0 Å². The molecule has 2 aliphatic rings. The molecule has 1 saturated carbocycles. The summed E-state index contributed by atoms with van der Waals surface area (Å²) in [5.41, 5.74) is 1.27. The highest BCUT2D eigenvalue weighted by atomic mass is 16.7. The minimum Gasteiger partial charge on any atom is -0.508 e. The third kappa shape index (κ3) is 3.03. The van der Waals surface area contributed by atoms with Gasteiger partial charge in [-0.3, -0.25) is 9.59 Å². The normalized spacial score (nSPS) is 29.7. The molecule has 4 atom stereocenters. The summed E-state index contributed by atoms with van der Waals surface area (Å²) in [6.45, 7) is 4.80. The van der Waals surface area contributed by atoms with Gasteiger partial charge in [-0.15, -0.1) is 0 Å². The summed E-state index contributed by atoms with van der Waals surface area (Å²) < 4.78 is 10.5. The van der Waals surface area contributed by atoms with Crippen LogP contribution in [-0.2, 0) is 23.9 Å². The average molecular weight is 356 g/mol. The summed E-state index contributed by atoms with van der Waals surface area (Å²) >= 11 is 0. The van der Waals surface area contributed by atoms with E-state index in [-0.39, 0.29) is 28.8 Å². The average Bonchev–Trinajstić information content (AvgIpc) is 3.02. The van der Waals surface area contributed by atoms with Crippen LogP contribution in [0.2, 0.25) is 0 Å². The van der Waals surface area contributed by atoms with E-state index in [9.17, 15) is 19.5 Å². The SMILES string of the molecule is CC(=O)[C@H]1C(=O)/C(=C/OC2C=C(C)C(=O)O2)C(c2ccccc2O)C1C. The predicted octanol–water partition coefficient (Wildman–Crippen LogP) is 2.63. The molecule has 1 aromatic rings. The maximum Gasteiger partial charge on any atom is 0.336 e. The van der Waals surface area contributed by atoms with E-state index in [1.54, 1.807) is 25.1 Å². The van der Waals surface area contributed by atoms with E-state index in [1.165, 1.54) is 25.3 Å². The van der Waals surface area contributed by atoms with Crippen molar-refractivity contribution in [1.82, 2.24) is 0 Å². The number of phenols is 1. The van der Waals surface area contributed by atoms with Crippen LogP contribution in [0, 0.1) is 11.8 Å². The van der Waals surface area contributed by atoms with Crippen LogP contribution in [0.4, 0.5) is 0 Å². The van der Waals surface area contributed by atoms with Gasteiger partial charge in [-0.05, 0) is 25.8 Å². The molecule has 0 bridgehead atoms. The number of ether oxygens (including phenoxy) is 2. The van der Waals surface area contributed by atoms with Gasteiger partial charge in [0.25, 0.3) is 6.29 Å². The zero-order chi connectivity index (χ0) is 19.0. The van der Waals surface area contributed by atoms with Gasteiger partial charge < -0.3 is 14.6 Å². The van der Waals surface area contributed by atoms with Gasteiger partial charge in [0.05, 0.1) is 12.2 Å². The fourth-order valence-corrected chi connectivity index (χ4v) is 3.65. The predicted molar refractivity (Wildman–Crippen MR) is 92.0 cm³/mol. The maximum atomic E-state index is 12.8. The van der Waals surface area contributed by atoms with Gasteiger partial charge >= 0.3 is 5.97 Å². The molecule has 26 heavy (non-hydrogen) atoms. The van der Waals surface area contributed by atoms with E-state index < -0.39 is 24.1 Å². The Balaban J connectivity index is 1.97. The molecular formula is C20H20O6. The minimum absolute atomic E-state index is 0.0512. The largest absolute Gasteiger partial charge is 0.508 e. The van der Waals surface area contributed by atoms with Crippen molar-refractivity contribution in [3.05, 3.63) is 53.3 Å². The van der Waals surface area contributed by atoms with Crippen molar-refractivity contribution in [3.8, 4) is 5.75 Å². The van der Waals surface area contributed by atoms with Crippen LogP contribution < -0.4 is 0 Å². The highest BCUT2D eigenvalue weighted by Gasteiger charge is 2.48. The van der Waals surface area contributed by atoms with Crippen LogP contribution in [0.5, 0.6) is 5.75 Å². The lowest BCUT2D eigenvalue weighted by molar-refractivity contribution is -0.152. The summed E-state index contributed by atoms with van der Waals surface area (Å²) in [7, 11) is 0. The quantitative estimate of drug-likeness (QED) is 0.386. The van der Waals surface area contributed by atoms with Gasteiger partial charge in [0, 0.05) is 28.7 Å². The minimum atomic E-state index is -0.903. The first-order chi connectivity index (χ1) is 12.3. The van der Waals surface area contributed by atoms with Gasteiger partial charge in [0.1, 0.15) is 11.5 Å². The molecular weight excluding hydrogens is 336 g/mol. The van der Waals surface area contributed by atoms with Crippen LogP contribution >= 0.6 is 0 Å². The van der Waals surface area contributed by atoms with Crippen molar-refractivity contribution in [3.63, 3.8) is 0 Å². The number of carbonyl (C=O) groups excluding carboxylic acids is 3. The lowest BCUT2D eigenvalue weighted by Gasteiger charge is -2.20. The van der Waals surface area contributed by atoms with Crippen molar-refractivity contribution >= 4 is 17.5 Å². The molecule has 1 heterocycles. The number of aromatic hydroxyl groups is 1. The molecule has 3 unspecified atom stereocenters. The number of ketones is 2. The van der Waals surface area contributed by atoms with Gasteiger partial charge in [-0.1, -0.05) is 25.1 Å². The van der Waals surface area contributed by atoms with Crippen molar-refractivity contribution in [2.45, 2.75) is 33.0 Å². The summed E-state index contributed by atoms with van der Waals surface area (Å²) in [5, 5.41) is 10.2. The number of allylic oxidation sites excluding steroid dienone is 1.